The van der Waals surface area contributed by atoms with Crippen LogP contribution < -0.4 is 9.80 Å². The van der Waals surface area contributed by atoms with Crippen molar-refractivity contribution in [3.63, 3.8) is 0 Å². The fourth-order valence-corrected chi connectivity index (χ4v) is 10.8. The van der Waals surface area contributed by atoms with E-state index in [1.807, 2.05) is 0 Å². The van der Waals surface area contributed by atoms with Gasteiger partial charge in [-0.1, -0.05) is 196 Å². The highest BCUT2D eigenvalue weighted by atomic mass is 15.2. The van der Waals surface area contributed by atoms with Gasteiger partial charge in [-0.3, -0.25) is 0 Å². The number of allylic oxidation sites excluding steroid dienone is 7. The lowest BCUT2D eigenvalue weighted by Gasteiger charge is -2.32. The van der Waals surface area contributed by atoms with Crippen molar-refractivity contribution < 1.29 is 0 Å². The zero-order chi connectivity index (χ0) is 47.7. The van der Waals surface area contributed by atoms with Gasteiger partial charge in [0.2, 0.25) is 0 Å². The summed E-state index contributed by atoms with van der Waals surface area (Å²) in [6.07, 6.45) is 15.0. The first-order valence-corrected chi connectivity index (χ1v) is 25.0. The number of rotatable bonds is 11. The van der Waals surface area contributed by atoms with Gasteiger partial charge in [0.15, 0.2) is 0 Å². The normalized spacial score (nSPS) is 16.5. The molecule has 0 amide bonds. The van der Waals surface area contributed by atoms with E-state index in [1.165, 1.54) is 60.8 Å². The molecule has 2 aliphatic carbocycles. The van der Waals surface area contributed by atoms with E-state index in [0.717, 1.165) is 46.2 Å². The number of anilines is 5. The first-order valence-electron chi connectivity index (χ1n) is 25.0. The van der Waals surface area contributed by atoms with Crippen LogP contribution in [0.25, 0.3) is 55.3 Å². The summed E-state index contributed by atoms with van der Waals surface area (Å²) in [4.78, 5) is 4.81. The van der Waals surface area contributed by atoms with Crippen molar-refractivity contribution in [1.29, 1.82) is 0 Å². The third kappa shape index (κ3) is 8.62. The van der Waals surface area contributed by atoms with E-state index in [9.17, 15) is 0 Å². The third-order valence-corrected chi connectivity index (χ3v) is 14.4. The van der Waals surface area contributed by atoms with Crippen LogP contribution in [0.5, 0.6) is 0 Å². The minimum atomic E-state index is 0.210. The molecule has 0 bridgehead atoms. The molecule has 71 heavy (non-hydrogen) atoms. The molecule has 10 aromatic rings. The predicted molar refractivity (Wildman–Crippen MR) is 301 cm³/mol. The second-order valence-corrected chi connectivity index (χ2v) is 19.1. The maximum atomic E-state index is 2.45. The van der Waals surface area contributed by atoms with Crippen LogP contribution in [-0.4, -0.2) is 4.57 Å². The average Bonchev–Trinajstić information content (AvgIpc) is 3.76. The topological polar surface area (TPSA) is 11.4 Å². The Morgan fingerprint density at radius 2 is 0.915 bits per heavy atom. The lowest BCUT2D eigenvalue weighted by molar-refractivity contribution is 0.628. The standard InChI is InChI=1S/C68H55N3/c1-48-15-14-20-56(45-48)54-29-37-60(38-30-54)70(63-42-44-66-65-23-12-13-24-67(65)71(68(66)47-63)57-21-10-5-11-22-57)61-39-31-55(32-40-61)64-43-41-62(46-49(64)2)69(58-33-25-52(26-34-58)50-16-6-3-7-17-50)59-35-27-53(28-36-59)51-18-8-4-9-19-51/h3-44,46-49,64H,45H2,1-2H3. The van der Waals surface area contributed by atoms with Crippen LogP contribution in [0.1, 0.15) is 37.3 Å². The molecular weight excluding hydrogens is 859 g/mol. The highest BCUT2D eigenvalue weighted by Crippen LogP contribution is 2.43. The summed E-state index contributed by atoms with van der Waals surface area (Å²) in [7, 11) is 0. The number of aromatic nitrogens is 1. The van der Waals surface area contributed by atoms with Gasteiger partial charge in [0.1, 0.15) is 0 Å². The molecule has 3 nitrogen and oxygen atoms in total. The largest absolute Gasteiger partial charge is 0.311 e. The fourth-order valence-electron chi connectivity index (χ4n) is 10.8. The number of hydrogen-bond donors (Lipinski definition) is 0. The Morgan fingerprint density at radius 1 is 0.423 bits per heavy atom. The summed E-state index contributed by atoms with van der Waals surface area (Å²) >= 11 is 0. The first kappa shape index (κ1) is 43.6. The number of nitrogens with zero attached hydrogens (tertiary/aromatic N) is 3. The Kier molecular flexibility index (Phi) is 11.7. The molecule has 3 atom stereocenters. The minimum absolute atomic E-state index is 0.210. The van der Waals surface area contributed by atoms with Crippen molar-refractivity contribution in [2.45, 2.75) is 26.2 Å². The Balaban J connectivity index is 0.888. The highest BCUT2D eigenvalue weighted by molar-refractivity contribution is 6.10. The van der Waals surface area contributed by atoms with Gasteiger partial charge in [-0.25, -0.2) is 0 Å². The molecule has 2 aliphatic rings. The van der Waals surface area contributed by atoms with Crippen LogP contribution in [0.15, 0.2) is 273 Å². The molecule has 3 heteroatoms. The van der Waals surface area contributed by atoms with E-state index >= 15 is 0 Å². The number of benzene rings is 9. The van der Waals surface area contributed by atoms with E-state index in [2.05, 4.69) is 295 Å². The van der Waals surface area contributed by atoms with Gasteiger partial charge >= 0.3 is 0 Å². The molecule has 12 rings (SSSR count). The third-order valence-electron chi connectivity index (χ3n) is 14.4. The molecule has 1 heterocycles. The maximum absolute atomic E-state index is 2.45. The summed E-state index contributed by atoms with van der Waals surface area (Å²) in [5.74, 6) is 0.986. The van der Waals surface area contributed by atoms with Crippen LogP contribution in [0.2, 0.25) is 0 Å². The van der Waals surface area contributed by atoms with Crippen molar-refractivity contribution in [1.82, 2.24) is 4.57 Å². The minimum Gasteiger partial charge on any atom is -0.311 e. The molecule has 0 aliphatic heterocycles. The van der Waals surface area contributed by atoms with Gasteiger partial charge in [-0.2, -0.15) is 0 Å². The summed E-state index contributed by atoms with van der Waals surface area (Å²) in [6, 6.07) is 84.1. The Labute approximate surface area is 417 Å². The van der Waals surface area contributed by atoms with Crippen molar-refractivity contribution in [3.8, 4) is 27.9 Å². The molecule has 0 spiro atoms. The molecule has 0 radical (unpaired) electrons. The maximum Gasteiger partial charge on any atom is 0.0561 e. The zero-order valence-corrected chi connectivity index (χ0v) is 40.2. The van der Waals surface area contributed by atoms with E-state index < -0.39 is 0 Å². The van der Waals surface area contributed by atoms with Gasteiger partial charge in [-0.05, 0) is 142 Å². The van der Waals surface area contributed by atoms with Gasteiger partial charge in [-0.15, -0.1) is 0 Å². The van der Waals surface area contributed by atoms with E-state index in [4.69, 9.17) is 0 Å². The number of hydrogen-bond acceptors (Lipinski definition) is 2. The van der Waals surface area contributed by atoms with Crippen LogP contribution in [0.3, 0.4) is 0 Å². The van der Waals surface area contributed by atoms with Crippen molar-refractivity contribution in [2.24, 2.45) is 11.8 Å². The van der Waals surface area contributed by atoms with Crippen molar-refractivity contribution in [2.75, 3.05) is 9.80 Å². The first-order chi connectivity index (χ1) is 35.0. The van der Waals surface area contributed by atoms with Gasteiger partial charge in [0.05, 0.1) is 11.0 Å². The molecule has 3 unspecified atom stereocenters. The fraction of sp³-hybridized carbons (Fsp3) is 0.0882. The molecule has 0 N–H and O–H groups in total. The molecular formula is C68H55N3. The lowest BCUT2D eigenvalue weighted by atomic mass is 9.83. The molecule has 9 aromatic carbocycles. The Hall–Kier alpha value is -8.66. The molecule has 342 valence electrons. The van der Waals surface area contributed by atoms with Crippen molar-refractivity contribution >= 4 is 55.8 Å². The number of fused-ring (bicyclic) bond motifs is 3. The quantitative estimate of drug-likeness (QED) is 0.128. The summed E-state index contributed by atoms with van der Waals surface area (Å²) in [6.45, 7) is 4.64. The van der Waals surface area contributed by atoms with Crippen LogP contribution in [-0.2, 0) is 0 Å². The van der Waals surface area contributed by atoms with Crippen molar-refractivity contribution in [3.05, 3.63) is 284 Å². The Morgan fingerprint density at radius 3 is 1.51 bits per heavy atom. The summed E-state index contributed by atoms with van der Waals surface area (Å²) in [5.41, 5.74) is 19.1. The zero-order valence-electron chi connectivity index (χ0n) is 40.2. The lowest BCUT2D eigenvalue weighted by Crippen LogP contribution is -2.20. The van der Waals surface area contributed by atoms with Gasteiger partial charge < -0.3 is 14.4 Å². The van der Waals surface area contributed by atoms with Gasteiger partial charge in [0, 0.05) is 56.5 Å². The Bertz CT molecular complexity index is 3520. The smallest absolute Gasteiger partial charge is 0.0561 e. The molecule has 0 saturated carbocycles. The van der Waals surface area contributed by atoms with Gasteiger partial charge in [0.25, 0.3) is 0 Å². The second-order valence-electron chi connectivity index (χ2n) is 19.1. The van der Waals surface area contributed by atoms with Crippen LogP contribution in [0, 0.1) is 11.8 Å². The molecule has 0 fully saturated rings. The molecule has 1 aromatic heterocycles. The number of para-hydroxylation sites is 2. The monoisotopic (exact) mass is 913 g/mol. The average molecular weight is 914 g/mol. The van der Waals surface area contributed by atoms with Crippen LogP contribution >= 0.6 is 0 Å². The van der Waals surface area contributed by atoms with Crippen LogP contribution in [0.4, 0.5) is 28.4 Å². The summed E-state index contributed by atoms with van der Waals surface area (Å²) < 4.78 is 2.40. The predicted octanol–water partition coefficient (Wildman–Crippen LogP) is 18.6. The van der Waals surface area contributed by atoms with E-state index in [0.29, 0.717) is 5.92 Å². The molecule has 0 saturated heterocycles. The summed E-state index contributed by atoms with van der Waals surface area (Å²) in [5, 5.41) is 2.49. The SMILES string of the molecule is CC1C=CC=C(c2ccc(N(c3ccc(C4C=CC(N(c5ccc(-c6ccccc6)cc5)c5ccc(-c6ccccc6)cc5)=CC4C)cc3)c3ccc4c5ccccc5n(-c5ccccc5)c4c3)cc2)C1. The highest BCUT2D eigenvalue weighted by Gasteiger charge is 2.25. The van der Waals surface area contributed by atoms with E-state index in [1.54, 1.807) is 0 Å². The van der Waals surface area contributed by atoms with E-state index in [-0.39, 0.29) is 11.8 Å². The second kappa shape index (κ2) is 19.0.